The van der Waals surface area contributed by atoms with Crippen LogP contribution in [-0.2, 0) is 10.5 Å². The van der Waals surface area contributed by atoms with Gasteiger partial charge in [-0.05, 0) is 25.0 Å². The van der Waals surface area contributed by atoms with E-state index in [0.717, 1.165) is 5.75 Å². The van der Waals surface area contributed by atoms with Crippen LogP contribution in [-0.4, -0.2) is 16.8 Å². The molecule has 1 rings (SSSR count). The molecule has 0 aliphatic carbocycles. The second-order valence-electron chi connectivity index (χ2n) is 3.32. The number of thioether (sulfide) groups is 1. The summed E-state index contributed by atoms with van der Waals surface area (Å²) in [6.07, 6.45) is 0. The van der Waals surface area contributed by atoms with Crippen LogP contribution in [0.3, 0.4) is 0 Å². The fourth-order valence-corrected chi connectivity index (χ4v) is 2.08. The third-order valence-electron chi connectivity index (χ3n) is 1.98. The second kappa shape index (κ2) is 5.05. The quantitative estimate of drug-likeness (QED) is 0.830. The normalized spacial score (nSPS) is 10.1. The average molecular weight is 210 g/mol. The lowest BCUT2D eigenvalue weighted by Gasteiger charge is -2.05. The number of rotatable bonds is 4. The maximum absolute atomic E-state index is 10.3. The first-order chi connectivity index (χ1) is 6.59. The lowest BCUT2D eigenvalue weighted by atomic mass is 10.1. The third kappa shape index (κ3) is 3.42. The Morgan fingerprint density at radius 2 is 2.14 bits per heavy atom. The van der Waals surface area contributed by atoms with Crippen LogP contribution >= 0.6 is 11.8 Å². The predicted molar refractivity (Wildman–Crippen MR) is 59.7 cm³/mol. The van der Waals surface area contributed by atoms with Gasteiger partial charge in [-0.2, -0.15) is 0 Å². The molecule has 14 heavy (non-hydrogen) atoms. The maximum Gasteiger partial charge on any atom is 0.313 e. The first-order valence-electron chi connectivity index (χ1n) is 4.45. The smallest absolute Gasteiger partial charge is 0.313 e. The highest BCUT2D eigenvalue weighted by atomic mass is 32.2. The highest BCUT2D eigenvalue weighted by molar-refractivity contribution is 7.99. The standard InChI is InChI=1S/C11H14O2S/c1-8-3-4-10(9(2)5-8)6-14-7-11(12)13/h3-5H,6-7H2,1-2H3,(H,12,13). The highest BCUT2D eigenvalue weighted by Gasteiger charge is 2.01. The minimum absolute atomic E-state index is 0.174. The van der Waals surface area contributed by atoms with Gasteiger partial charge in [0.1, 0.15) is 0 Å². The van der Waals surface area contributed by atoms with Crippen LogP contribution in [0.15, 0.2) is 18.2 Å². The van der Waals surface area contributed by atoms with Gasteiger partial charge in [-0.15, -0.1) is 11.8 Å². The molecule has 3 heteroatoms. The Morgan fingerprint density at radius 1 is 1.43 bits per heavy atom. The fourth-order valence-electron chi connectivity index (χ4n) is 1.26. The number of carboxylic acid groups (broad SMARTS) is 1. The molecule has 0 radical (unpaired) electrons. The summed E-state index contributed by atoms with van der Waals surface area (Å²) in [6, 6.07) is 6.25. The lowest BCUT2D eigenvalue weighted by molar-refractivity contribution is -0.133. The predicted octanol–water partition coefficient (Wildman–Crippen LogP) is 2.62. The number of hydrogen-bond donors (Lipinski definition) is 1. The molecule has 76 valence electrons. The number of carbonyl (C=O) groups is 1. The summed E-state index contributed by atoms with van der Waals surface area (Å²) in [5.41, 5.74) is 3.71. The zero-order valence-electron chi connectivity index (χ0n) is 8.41. The van der Waals surface area contributed by atoms with E-state index in [9.17, 15) is 4.79 Å². The van der Waals surface area contributed by atoms with E-state index in [1.165, 1.54) is 28.5 Å². The van der Waals surface area contributed by atoms with E-state index in [2.05, 4.69) is 32.0 Å². The van der Waals surface area contributed by atoms with Crippen LogP contribution in [0.2, 0.25) is 0 Å². The molecule has 0 bridgehead atoms. The van der Waals surface area contributed by atoms with Crippen molar-refractivity contribution in [3.63, 3.8) is 0 Å². The Balaban J connectivity index is 2.55. The average Bonchev–Trinajstić information content (AvgIpc) is 2.08. The van der Waals surface area contributed by atoms with Gasteiger partial charge in [-0.3, -0.25) is 4.79 Å². The van der Waals surface area contributed by atoms with Crippen molar-refractivity contribution >= 4 is 17.7 Å². The summed E-state index contributed by atoms with van der Waals surface area (Å²) in [6.45, 7) is 4.12. The van der Waals surface area contributed by atoms with Crippen molar-refractivity contribution in [2.45, 2.75) is 19.6 Å². The van der Waals surface area contributed by atoms with Gasteiger partial charge in [-0.1, -0.05) is 23.8 Å². The molecule has 2 nitrogen and oxygen atoms in total. The van der Waals surface area contributed by atoms with Crippen molar-refractivity contribution < 1.29 is 9.90 Å². The Bertz CT molecular complexity index is 334. The fraction of sp³-hybridized carbons (Fsp3) is 0.364. The van der Waals surface area contributed by atoms with Gasteiger partial charge < -0.3 is 5.11 Å². The van der Waals surface area contributed by atoms with E-state index in [1.54, 1.807) is 0 Å². The zero-order valence-corrected chi connectivity index (χ0v) is 9.23. The van der Waals surface area contributed by atoms with E-state index in [1.807, 2.05) is 0 Å². The van der Waals surface area contributed by atoms with Gasteiger partial charge in [0.25, 0.3) is 0 Å². The van der Waals surface area contributed by atoms with E-state index < -0.39 is 5.97 Å². The number of carboxylic acids is 1. The molecule has 0 saturated carbocycles. The van der Waals surface area contributed by atoms with Crippen molar-refractivity contribution in [1.82, 2.24) is 0 Å². The van der Waals surface area contributed by atoms with Crippen molar-refractivity contribution in [2.75, 3.05) is 5.75 Å². The summed E-state index contributed by atoms with van der Waals surface area (Å²) in [5, 5.41) is 8.48. The van der Waals surface area contributed by atoms with E-state index in [-0.39, 0.29) is 5.75 Å². The molecule has 1 aromatic rings. The Kier molecular flexibility index (Phi) is 4.01. The molecule has 0 amide bonds. The third-order valence-corrected chi connectivity index (χ3v) is 2.95. The molecule has 0 unspecified atom stereocenters. The van der Waals surface area contributed by atoms with Crippen LogP contribution < -0.4 is 0 Å². The van der Waals surface area contributed by atoms with E-state index in [0.29, 0.717) is 0 Å². The molecule has 0 atom stereocenters. The largest absolute Gasteiger partial charge is 0.481 e. The topological polar surface area (TPSA) is 37.3 Å². The van der Waals surface area contributed by atoms with Crippen molar-refractivity contribution in [2.24, 2.45) is 0 Å². The maximum atomic E-state index is 10.3. The number of aliphatic carboxylic acids is 1. The molecule has 0 saturated heterocycles. The molecule has 1 N–H and O–H groups in total. The van der Waals surface area contributed by atoms with Gasteiger partial charge >= 0.3 is 5.97 Å². The Labute approximate surface area is 88.3 Å². The Morgan fingerprint density at radius 3 is 2.71 bits per heavy atom. The SMILES string of the molecule is Cc1ccc(CSCC(=O)O)c(C)c1. The van der Waals surface area contributed by atoms with Crippen molar-refractivity contribution in [3.05, 3.63) is 34.9 Å². The highest BCUT2D eigenvalue weighted by Crippen LogP contribution is 2.17. The van der Waals surface area contributed by atoms with Crippen LogP contribution in [0, 0.1) is 13.8 Å². The summed E-state index contributed by atoms with van der Waals surface area (Å²) < 4.78 is 0. The zero-order chi connectivity index (χ0) is 10.6. The van der Waals surface area contributed by atoms with Crippen LogP contribution in [0.1, 0.15) is 16.7 Å². The van der Waals surface area contributed by atoms with E-state index >= 15 is 0 Å². The van der Waals surface area contributed by atoms with Gasteiger partial charge in [-0.25, -0.2) is 0 Å². The number of hydrogen-bond acceptors (Lipinski definition) is 2. The van der Waals surface area contributed by atoms with Crippen LogP contribution in [0.25, 0.3) is 0 Å². The van der Waals surface area contributed by atoms with Gasteiger partial charge in [0.2, 0.25) is 0 Å². The van der Waals surface area contributed by atoms with Gasteiger partial charge in [0, 0.05) is 5.75 Å². The molecule has 1 aromatic carbocycles. The summed E-state index contributed by atoms with van der Waals surface area (Å²) in [4.78, 5) is 10.3. The molecule has 0 fully saturated rings. The van der Waals surface area contributed by atoms with Crippen molar-refractivity contribution in [1.29, 1.82) is 0 Å². The molecule has 0 aromatic heterocycles. The molecule has 0 aliphatic heterocycles. The summed E-state index contributed by atoms with van der Waals surface area (Å²) >= 11 is 1.43. The van der Waals surface area contributed by atoms with Gasteiger partial charge in [0.15, 0.2) is 0 Å². The van der Waals surface area contributed by atoms with Crippen LogP contribution in [0.4, 0.5) is 0 Å². The number of aryl methyl sites for hydroxylation is 2. The molecular formula is C11H14O2S. The molecular weight excluding hydrogens is 196 g/mol. The Hall–Kier alpha value is -0.960. The van der Waals surface area contributed by atoms with Crippen molar-refractivity contribution in [3.8, 4) is 0 Å². The van der Waals surface area contributed by atoms with Gasteiger partial charge in [0.05, 0.1) is 5.75 Å². The number of benzene rings is 1. The minimum atomic E-state index is -0.750. The molecule has 0 spiro atoms. The summed E-state index contributed by atoms with van der Waals surface area (Å²) in [7, 11) is 0. The first kappa shape index (κ1) is 11.1. The molecule has 0 aliphatic rings. The summed E-state index contributed by atoms with van der Waals surface area (Å²) in [5.74, 6) is 0.200. The monoisotopic (exact) mass is 210 g/mol. The first-order valence-corrected chi connectivity index (χ1v) is 5.60. The van der Waals surface area contributed by atoms with Crippen LogP contribution in [0.5, 0.6) is 0 Å². The lowest BCUT2D eigenvalue weighted by Crippen LogP contribution is -1.98. The second-order valence-corrected chi connectivity index (χ2v) is 4.30. The van der Waals surface area contributed by atoms with E-state index in [4.69, 9.17) is 5.11 Å². The minimum Gasteiger partial charge on any atom is -0.481 e. The molecule has 0 heterocycles.